The largest absolute Gasteiger partial charge is 0.458 e. The summed E-state index contributed by atoms with van der Waals surface area (Å²) in [7, 11) is 0. The number of ether oxygens (including phenoxy) is 1. The number of benzene rings is 2. The summed E-state index contributed by atoms with van der Waals surface area (Å²) in [5.74, 6) is -1.55. The second-order valence-electron chi connectivity index (χ2n) is 7.25. The van der Waals surface area contributed by atoms with Crippen LogP contribution in [-0.4, -0.2) is 6.23 Å². The zero-order chi connectivity index (χ0) is 20.8. The van der Waals surface area contributed by atoms with Crippen molar-refractivity contribution in [1.29, 1.82) is 5.26 Å². The Balaban J connectivity index is 1.88. The maximum atomic E-state index is 13.7. The highest BCUT2D eigenvalue weighted by Crippen LogP contribution is 2.49. The zero-order valence-electron chi connectivity index (χ0n) is 15.5. The number of alkyl halides is 3. The van der Waals surface area contributed by atoms with E-state index in [-0.39, 0.29) is 23.1 Å². The lowest BCUT2D eigenvalue weighted by Crippen LogP contribution is -2.41. The number of hydrogen-bond donors (Lipinski definition) is 3. The van der Waals surface area contributed by atoms with Gasteiger partial charge in [0.1, 0.15) is 6.07 Å². The average Bonchev–Trinajstić information content (AvgIpc) is 3.10. The second-order valence-corrected chi connectivity index (χ2v) is 7.25. The molecule has 2 heterocycles. The van der Waals surface area contributed by atoms with Crippen LogP contribution in [0.4, 0.5) is 13.2 Å². The van der Waals surface area contributed by atoms with Crippen LogP contribution in [0.15, 0.2) is 60.0 Å². The smallest absolute Gasteiger partial charge is 0.416 e. The van der Waals surface area contributed by atoms with Crippen LogP contribution in [0.2, 0.25) is 0 Å². The quantitative estimate of drug-likeness (QED) is 0.717. The summed E-state index contributed by atoms with van der Waals surface area (Å²) in [6.45, 7) is 1.95. The van der Waals surface area contributed by atoms with E-state index in [0.29, 0.717) is 0 Å². The Hall–Kier alpha value is -3.02. The Kier molecular flexibility index (Phi) is 4.73. The van der Waals surface area contributed by atoms with Crippen molar-refractivity contribution in [2.24, 2.45) is 11.7 Å². The molecule has 2 aromatic carbocycles. The fourth-order valence-corrected chi connectivity index (χ4v) is 4.15. The molecule has 150 valence electrons. The normalized spacial score (nSPS) is 26.6. The van der Waals surface area contributed by atoms with Crippen molar-refractivity contribution in [2.45, 2.75) is 31.3 Å². The average molecular weight is 400 g/mol. The van der Waals surface area contributed by atoms with E-state index in [9.17, 15) is 18.4 Å². The van der Waals surface area contributed by atoms with Crippen molar-refractivity contribution >= 4 is 0 Å². The molecule has 1 fully saturated rings. The molecule has 4 rings (SSSR count). The lowest BCUT2D eigenvalue weighted by atomic mass is 9.73. The van der Waals surface area contributed by atoms with Gasteiger partial charge in [-0.2, -0.15) is 18.4 Å². The zero-order valence-corrected chi connectivity index (χ0v) is 15.5. The number of nitriles is 1. The topological polar surface area (TPSA) is 83.1 Å². The maximum absolute atomic E-state index is 13.7. The minimum Gasteiger partial charge on any atom is -0.458 e. The predicted octanol–water partition coefficient (Wildman–Crippen LogP) is 3.61. The molecule has 0 bridgehead atoms. The van der Waals surface area contributed by atoms with Gasteiger partial charge in [0.05, 0.1) is 17.2 Å². The lowest BCUT2D eigenvalue weighted by Gasteiger charge is -2.36. The van der Waals surface area contributed by atoms with Crippen molar-refractivity contribution in [3.05, 3.63) is 82.2 Å². The van der Waals surface area contributed by atoms with Crippen LogP contribution >= 0.6 is 0 Å². The molecular formula is C21H19F3N4O. The van der Waals surface area contributed by atoms with Gasteiger partial charge in [0.15, 0.2) is 6.23 Å². The number of nitrogens with two attached hydrogens (primary N) is 1. The van der Waals surface area contributed by atoms with E-state index >= 15 is 0 Å². The fraction of sp³-hybridized carbons (Fsp3) is 0.286. The SMILES string of the molecule is Cc1ccc(C2NNC3OC(N)=C(C#N)C(c4ccccc4C(F)(F)F)C32)cc1. The van der Waals surface area contributed by atoms with Crippen LogP contribution in [0.25, 0.3) is 0 Å². The third-order valence-corrected chi connectivity index (χ3v) is 5.49. The highest BCUT2D eigenvalue weighted by Gasteiger charge is 2.51. The maximum Gasteiger partial charge on any atom is 0.416 e. The van der Waals surface area contributed by atoms with Gasteiger partial charge >= 0.3 is 6.18 Å². The first kappa shape index (κ1) is 19.3. The molecule has 1 saturated heterocycles. The van der Waals surface area contributed by atoms with E-state index in [0.717, 1.165) is 17.2 Å². The Labute approximate surface area is 165 Å². The summed E-state index contributed by atoms with van der Waals surface area (Å²) >= 11 is 0. The Morgan fingerprint density at radius 1 is 1.07 bits per heavy atom. The summed E-state index contributed by atoms with van der Waals surface area (Å²) in [5.41, 5.74) is 13.2. The molecule has 0 aromatic heterocycles. The third-order valence-electron chi connectivity index (χ3n) is 5.49. The van der Waals surface area contributed by atoms with Gasteiger partial charge in [-0.1, -0.05) is 48.0 Å². The number of nitrogens with one attached hydrogen (secondary N) is 2. The lowest BCUT2D eigenvalue weighted by molar-refractivity contribution is -0.138. The predicted molar refractivity (Wildman–Crippen MR) is 99.6 cm³/mol. The minimum absolute atomic E-state index is 0.00515. The minimum atomic E-state index is -4.56. The standard InChI is InChI=1S/C21H19F3N4O/c1-11-6-8-12(9-7-11)18-17-16(13-4-2-3-5-15(13)21(22,23)24)14(10-25)19(26)29-20(17)28-27-18/h2-9,16-18,20,27-28H,26H2,1H3. The summed E-state index contributed by atoms with van der Waals surface area (Å²) < 4.78 is 46.9. The number of fused-ring (bicyclic) bond motifs is 1. The van der Waals surface area contributed by atoms with Gasteiger partial charge in [-0.3, -0.25) is 0 Å². The summed E-state index contributed by atoms with van der Waals surface area (Å²) in [4.78, 5) is 0. The van der Waals surface area contributed by atoms with Gasteiger partial charge in [-0.05, 0) is 24.1 Å². The first-order valence-electron chi connectivity index (χ1n) is 9.11. The van der Waals surface area contributed by atoms with Crippen LogP contribution in [0.3, 0.4) is 0 Å². The number of hydrogen-bond acceptors (Lipinski definition) is 5. The van der Waals surface area contributed by atoms with E-state index in [1.54, 1.807) is 0 Å². The van der Waals surface area contributed by atoms with Gasteiger partial charge in [0.25, 0.3) is 0 Å². The summed E-state index contributed by atoms with van der Waals surface area (Å²) in [6, 6.07) is 14.6. The first-order chi connectivity index (χ1) is 13.8. The van der Waals surface area contributed by atoms with Crippen molar-refractivity contribution in [2.75, 3.05) is 0 Å². The fourth-order valence-electron chi connectivity index (χ4n) is 4.15. The molecule has 8 heteroatoms. The van der Waals surface area contributed by atoms with Crippen LogP contribution in [0, 0.1) is 24.2 Å². The van der Waals surface area contributed by atoms with E-state index in [4.69, 9.17) is 10.5 Å². The molecule has 0 amide bonds. The van der Waals surface area contributed by atoms with Crippen molar-refractivity contribution in [3.63, 3.8) is 0 Å². The molecule has 4 atom stereocenters. The van der Waals surface area contributed by atoms with Crippen LogP contribution in [0.5, 0.6) is 0 Å². The molecule has 29 heavy (non-hydrogen) atoms. The van der Waals surface area contributed by atoms with Gasteiger partial charge in [-0.15, -0.1) is 0 Å². The van der Waals surface area contributed by atoms with Gasteiger partial charge < -0.3 is 10.5 Å². The summed E-state index contributed by atoms with van der Waals surface area (Å²) in [5, 5.41) is 9.71. The molecular weight excluding hydrogens is 381 g/mol. The Morgan fingerprint density at radius 3 is 2.41 bits per heavy atom. The monoisotopic (exact) mass is 400 g/mol. The summed E-state index contributed by atoms with van der Waals surface area (Å²) in [6.07, 6.45) is -5.23. The van der Waals surface area contributed by atoms with Crippen LogP contribution < -0.4 is 16.6 Å². The molecule has 2 aliphatic heterocycles. The molecule has 0 saturated carbocycles. The molecule has 4 unspecified atom stereocenters. The molecule has 2 aromatic rings. The second kappa shape index (κ2) is 7.10. The van der Waals surface area contributed by atoms with Crippen molar-refractivity contribution in [3.8, 4) is 6.07 Å². The number of halogens is 3. The van der Waals surface area contributed by atoms with E-state index in [1.807, 2.05) is 37.3 Å². The molecule has 5 nitrogen and oxygen atoms in total. The molecule has 4 N–H and O–H groups in total. The van der Waals surface area contributed by atoms with Crippen LogP contribution in [-0.2, 0) is 10.9 Å². The number of nitrogens with zero attached hydrogens (tertiary/aromatic N) is 1. The highest BCUT2D eigenvalue weighted by molar-refractivity contribution is 5.46. The van der Waals surface area contributed by atoms with Crippen molar-refractivity contribution < 1.29 is 17.9 Å². The Morgan fingerprint density at radius 2 is 1.76 bits per heavy atom. The number of rotatable bonds is 2. The number of hydrazine groups is 1. The molecule has 0 radical (unpaired) electrons. The molecule has 0 spiro atoms. The van der Waals surface area contributed by atoms with E-state index in [1.165, 1.54) is 18.2 Å². The van der Waals surface area contributed by atoms with E-state index in [2.05, 4.69) is 10.9 Å². The highest BCUT2D eigenvalue weighted by atomic mass is 19.4. The van der Waals surface area contributed by atoms with Gasteiger partial charge in [0, 0.05) is 11.8 Å². The number of aryl methyl sites for hydroxylation is 1. The van der Waals surface area contributed by atoms with Crippen LogP contribution in [0.1, 0.15) is 34.2 Å². The molecule has 0 aliphatic carbocycles. The molecule has 2 aliphatic rings. The third kappa shape index (κ3) is 3.33. The first-order valence-corrected chi connectivity index (χ1v) is 9.11. The Bertz CT molecular complexity index is 994. The van der Waals surface area contributed by atoms with Crippen molar-refractivity contribution in [1.82, 2.24) is 10.9 Å². The van der Waals surface area contributed by atoms with Gasteiger partial charge in [0.2, 0.25) is 5.88 Å². The van der Waals surface area contributed by atoms with Gasteiger partial charge in [-0.25, -0.2) is 10.9 Å². The van der Waals surface area contributed by atoms with E-state index < -0.39 is 29.8 Å². The number of allylic oxidation sites excluding steroid dienone is 1.